The molecule has 2 aromatic carbocycles. The Labute approximate surface area is 144 Å². The smallest absolute Gasteiger partial charge is 0.162 e. The van der Waals surface area contributed by atoms with Gasteiger partial charge in [0.25, 0.3) is 0 Å². The van der Waals surface area contributed by atoms with E-state index < -0.39 is 0 Å². The zero-order valence-electron chi connectivity index (χ0n) is 13.3. The zero-order valence-corrected chi connectivity index (χ0v) is 14.9. The van der Waals surface area contributed by atoms with Gasteiger partial charge in [0.1, 0.15) is 19.0 Å². The van der Waals surface area contributed by atoms with Crippen molar-refractivity contribution in [2.75, 3.05) is 20.3 Å². The Morgan fingerprint density at radius 3 is 2.61 bits per heavy atom. The summed E-state index contributed by atoms with van der Waals surface area (Å²) in [5.74, 6) is 2.50. The van der Waals surface area contributed by atoms with Crippen molar-refractivity contribution in [2.24, 2.45) is 0 Å². The van der Waals surface area contributed by atoms with Crippen LogP contribution in [0, 0.1) is 0 Å². The first kappa shape index (κ1) is 16.1. The lowest BCUT2D eigenvalue weighted by Crippen LogP contribution is -2.20. The molecule has 0 spiro atoms. The molecular weight excluding hydrogens is 358 g/mol. The predicted octanol–water partition coefficient (Wildman–Crippen LogP) is 4.08. The minimum Gasteiger partial charge on any atom is -0.496 e. The second kappa shape index (κ2) is 7.23. The van der Waals surface area contributed by atoms with Gasteiger partial charge in [0.15, 0.2) is 11.5 Å². The molecule has 0 aromatic heterocycles. The van der Waals surface area contributed by atoms with Gasteiger partial charge in [-0.3, -0.25) is 0 Å². The second-order valence-electron chi connectivity index (χ2n) is 5.43. The highest BCUT2D eigenvalue weighted by atomic mass is 79.9. The van der Waals surface area contributed by atoms with Crippen molar-refractivity contribution < 1.29 is 14.2 Å². The van der Waals surface area contributed by atoms with Gasteiger partial charge in [0, 0.05) is 22.6 Å². The molecular formula is C18H20BrNO3. The molecule has 0 fully saturated rings. The van der Waals surface area contributed by atoms with Crippen LogP contribution < -0.4 is 19.5 Å². The number of benzene rings is 2. The molecule has 2 aromatic rings. The fourth-order valence-electron chi connectivity index (χ4n) is 2.63. The molecule has 0 saturated carbocycles. The number of para-hydroxylation sites is 1. The van der Waals surface area contributed by atoms with Gasteiger partial charge in [-0.15, -0.1) is 0 Å². The molecule has 0 bridgehead atoms. The van der Waals surface area contributed by atoms with Crippen molar-refractivity contribution in [3.63, 3.8) is 0 Å². The summed E-state index contributed by atoms with van der Waals surface area (Å²) in [4.78, 5) is 0. The van der Waals surface area contributed by atoms with E-state index in [0.717, 1.165) is 39.4 Å². The first-order chi connectivity index (χ1) is 11.2. The molecule has 0 radical (unpaired) electrons. The summed E-state index contributed by atoms with van der Waals surface area (Å²) < 4.78 is 17.7. The van der Waals surface area contributed by atoms with Crippen LogP contribution in [0.4, 0.5) is 0 Å². The van der Waals surface area contributed by atoms with E-state index in [1.165, 1.54) is 0 Å². The fraction of sp³-hybridized carbons (Fsp3) is 0.333. The topological polar surface area (TPSA) is 39.7 Å². The number of hydrogen-bond acceptors (Lipinski definition) is 4. The summed E-state index contributed by atoms with van der Waals surface area (Å²) in [6.45, 7) is 4.05. The number of nitrogens with one attached hydrogen (secondary N) is 1. The maximum Gasteiger partial charge on any atom is 0.162 e. The number of fused-ring (bicyclic) bond motifs is 1. The van der Waals surface area contributed by atoms with E-state index in [1.54, 1.807) is 7.11 Å². The van der Waals surface area contributed by atoms with Crippen molar-refractivity contribution in [3.05, 3.63) is 52.0 Å². The maximum atomic E-state index is 5.67. The maximum absolute atomic E-state index is 5.67. The van der Waals surface area contributed by atoms with E-state index in [9.17, 15) is 0 Å². The number of hydrogen-bond donors (Lipinski definition) is 1. The third-order valence-electron chi connectivity index (χ3n) is 3.92. The monoisotopic (exact) mass is 377 g/mol. The molecule has 1 aliphatic heterocycles. The van der Waals surface area contributed by atoms with Crippen molar-refractivity contribution in [2.45, 2.75) is 19.5 Å². The van der Waals surface area contributed by atoms with E-state index in [4.69, 9.17) is 14.2 Å². The summed E-state index contributed by atoms with van der Waals surface area (Å²) >= 11 is 3.63. The highest BCUT2D eigenvalue weighted by Crippen LogP contribution is 2.37. The summed E-state index contributed by atoms with van der Waals surface area (Å²) in [6.07, 6.45) is 0. The lowest BCUT2D eigenvalue weighted by molar-refractivity contribution is 0.171. The summed E-state index contributed by atoms with van der Waals surface area (Å²) in [7, 11) is 1.69. The Hall–Kier alpha value is -1.72. The molecule has 3 rings (SSSR count). The summed E-state index contributed by atoms with van der Waals surface area (Å²) in [5.41, 5.74) is 2.28. The van der Waals surface area contributed by atoms with Crippen molar-refractivity contribution in [3.8, 4) is 17.2 Å². The number of ether oxygens (including phenoxy) is 3. The SMILES string of the molecule is COc1ccccc1CNC(C)c1cc2c(cc1Br)OCCO2. The van der Waals surface area contributed by atoms with Gasteiger partial charge in [0.2, 0.25) is 0 Å². The van der Waals surface area contributed by atoms with E-state index in [-0.39, 0.29) is 6.04 Å². The lowest BCUT2D eigenvalue weighted by Gasteiger charge is -2.22. The molecule has 0 amide bonds. The molecule has 122 valence electrons. The molecule has 1 aliphatic rings. The van der Waals surface area contributed by atoms with Crippen molar-refractivity contribution in [1.29, 1.82) is 0 Å². The Morgan fingerprint density at radius 1 is 1.17 bits per heavy atom. The highest BCUT2D eigenvalue weighted by molar-refractivity contribution is 9.10. The van der Waals surface area contributed by atoms with E-state index in [1.807, 2.05) is 30.3 Å². The van der Waals surface area contributed by atoms with Gasteiger partial charge in [-0.05, 0) is 30.7 Å². The van der Waals surface area contributed by atoms with E-state index in [2.05, 4.69) is 34.2 Å². The number of methoxy groups -OCH3 is 1. The minimum absolute atomic E-state index is 0.158. The van der Waals surface area contributed by atoms with Crippen molar-refractivity contribution >= 4 is 15.9 Å². The third-order valence-corrected chi connectivity index (χ3v) is 4.61. The number of halogens is 1. The Balaban J connectivity index is 1.74. The molecule has 0 aliphatic carbocycles. The quantitative estimate of drug-likeness (QED) is 0.851. The van der Waals surface area contributed by atoms with E-state index in [0.29, 0.717) is 13.2 Å². The van der Waals surface area contributed by atoms with Gasteiger partial charge in [-0.1, -0.05) is 34.1 Å². The van der Waals surface area contributed by atoms with Crippen LogP contribution >= 0.6 is 15.9 Å². The molecule has 1 unspecified atom stereocenters. The lowest BCUT2D eigenvalue weighted by atomic mass is 10.1. The second-order valence-corrected chi connectivity index (χ2v) is 6.29. The molecule has 1 heterocycles. The molecule has 1 N–H and O–H groups in total. The fourth-order valence-corrected chi connectivity index (χ4v) is 3.30. The highest BCUT2D eigenvalue weighted by Gasteiger charge is 2.18. The predicted molar refractivity (Wildman–Crippen MR) is 93.4 cm³/mol. The molecule has 5 heteroatoms. The van der Waals surface area contributed by atoms with Gasteiger partial charge >= 0.3 is 0 Å². The van der Waals surface area contributed by atoms with Crippen LogP contribution in [-0.4, -0.2) is 20.3 Å². The Morgan fingerprint density at radius 2 is 1.87 bits per heavy atom. The van der Waals surface area contributed by atoms with Gasteiger partial charge < -0.3 is 19.5 Å². The van der Waals surface area contributed by atoms with Gasteiger partial charge in [-0.2, -0.15) is 0 Å². The standard InChI is InChI=1S/C18H20BrNO3/c1-12(20-11-13-5-3-4-6-16(13)21-2)14-9-17-18(10-15(14)19)23-8-7-22-17/h3-6,9-10,12,20H,7-8,11H2,1-2H3. The van der Waals surface area contributed by atoms with Crippen LogP contribution in [0.3, 0.4) is 0 Å². The third kappa shape index (κ3) is 3.62. The number of rotatable bonds is 5. The van der Waals surface area contributed by atoms with Crippen LogP contribution in [0.15, 0.2) is 40.9 Å². The van der Waals surface area contributed by atoms with Crippen LogP contribution in [0.2, 0.25) is 0 Å². The molecule has 4 nitrogen and oxygen atoms in total. The largest absolute Gasteiger partial charge is 0.496 e. The average Bonchev–Trinajstić information content (AvgIpc) is 2.59. The summed E-state index contributed by atoms with van der Waals surface area (Å²) in [5, 5.41) is 3.53. The normalized spacial score (nSPS) is 14.4. The van der Waals surface area contributed by atoms with Crippen LogP contribution in [0.5, 0.6) is 17.2 Å². The molecule has 23 heavy (non-hydrogen) atoms. The zero-order chi connectivity index (χ0) is 16.2. The van der Waals surface area contributed by atoms with Gasteiger partial charge in [0.05, 0.1) is 7.11 Å². The van der Waals surface area contributed by atoms with Crippen LogP contribution in [0.25, 0.3) is 0 Å². The first-order valence-electron chi connectivity index (χ1n) is 7.63. The van der Waals surface area contributed by atoms with Crippen molar-refractivity contribution in [1.82, 2.24) is 5.32 Å². The Bertz CT molecular complexity index is 690. The average molecular weight is 378 g/mol. The van der Waals surface area contributed by atoms with E-state index >= 15 is 0 Å². The minimum atomic E-state index is 0.158. The first-order valence-corrected chi connectivity index (χ1v) is 8.42. The Kier molecular flexibility index (Phi) is 5.08. The molecule has 0 saturated heterocycles. The van der Waals surface area contributed by atoms with Crippen LogP contribution in [-0.2, 0) is 6.54 Å². The van der Waals surface area contributed by atoms with Crippen LogP contribution in [0.1, 0.15) is 24.1 Å². The molecule has 1 atom stereocenters. The van der Waals surface area contributed by atoms with Gasteiger partial charge in [-0.25, -0.2) is 0 Å². The summed E-state index contributed by atoms with van der Waals surface area (Å²) in [6, 6.07) is 12.2.